The van der Waals surface area contributed by atoms with Gasteiger partial charge in [0.05, 0.1) is 0 Å². The van der Waals surface area contributed by atoms with Crippen molar-refractivity contribution in [2.75, 3.05) is 13.1 Å². The highest BCUT2D eigenvalue weighted by Crippen LogP contribution is 2.45. The van der Waals surface area contributed by atoms with E-state index in [4.69, 9.17) is 4.74 Å². The average molecular weight is 225 g/mol. The number of likely N-dealkylation sites (tertiary alicyclic amines) is 1. The van der Waals surface area contributed by atoms with Crippen LogP contribution in [-0.2, 0) is 9.53 Å². The van der Waals surface area contributed by atoms with E-state index in [0.29, 0.717) is 25.3 Å². The van der Waals surface area contributed by atoms with E-state index in [1.807, 2.05) is 20.8 Å². The first kappa shape index (κ1) is 11.4. The Hall–Kier alpha value is -1.06. The Morgan fingerprint density at radius 2 is 2.06 bits per heavy atom. The lowest BCUT2D eigenvalue weighted by molar-refractivity contribution is -0.137. The average Bonchev–Trinajstić information content (AvgIpc) is 2.59. The molecule has 2 rings (SSSR count). The van der Waals surface area contributed by atoms with Crippen molar-refractivity contribution in [1.82, 2.24) is 4.90 Å². The van der Waals surface area contributed by atoms with E-state index in [1.54, 1.807) is 4.90 Å². The lowest BCUT2D eigenvalue weighted by atomic mass is 9.67. The highest BCUT2D eigenvalue weighted by Gasteiger charge is 2.51. The van der Waals surface area contributed by atoms with Crippen molar-refractivity contribution < 1.29 is 14.3 Å². The van der Waals surface area contributed by atoms with Gasteiger partial charge in [-0.25, -0.2) is 4.79 Å². The van der Waals surface area contributed by atoms with Crippen molar-refractivity contribution in [3.05, 3.63) is 0 Å². The van der Waals surface area contributed by atoms with Gasteiger partial charge in [0.2, 0.25) is 0 Å². The second-order valence-electron chi connectivity index (χ2n) is 5.86. The summed E-state index contributed by atoms with van der Waals surface area (Å²) in [7, 11) is 0. The molecule has 90 valence electrons. The van der Waals surface area contributed by atoms with Gasteiger partial charge < -0.3 is 9.64 Å². The number of ketones is 1. The minimum absolute atomic E-state index is 0.211. The molecule has 0 bridgehead atoms. The predicted octanol–water partition coefficient (Wildman–Crippen LogP) is 1.98. The highest BCUT2D eigenvalue weighted by molar-refractivity contribution is 5.91. The molecular formula is C12H19NO3. The number of hydrogen-bond acceptors (Lipinski definition) is 3. The SMILES string of the molecule is CC(C)(C)OC(=O)N1CC[C@@]2(CCC2=O)C1. The summed E-state index contributed by atoms with van der Waals surface area (Å²) in [5.41, 5.74) is -0.673. The Morgan fingerprint density at radius 3 is 2.44 bits per heavy atom. The molecule has 1 aliphatic carbocycles. The number of amides is 1. The molecule has 0 aromatic carbocycles. The predicted molar refractivity (Wildman–Crippen MR) is 59.1 cm³/mol. The van der Waals surface area contributed by atoms with E-state index in [2.05, 4.69) is 0 Å². The van der Waals surface area contributed by atoms with Crippen LogP contribution in [0.5, 0.6) is 0 Å². The first-order valence-corrected chi connectivity index (χ1v) is 5.84. The number of ether oxygens (including phenoxy) is 1. The zero-order chi connectivity index (χ0) is 12.0. The molecule has 1 saturated heterocycles. The third-order valence-electron chi connectivity index (χ3n) is 3.43. The minimum Gasteiger partial charge on any atom is -0.444 e. The van der Waals surface area contributed by atoms with Crippen molar-refractivity contribution in [3.63, 3.8) is 0 Å². The van der Waals surface area contributed by atoms with Crippen LogP contribution in [0, 0.1) is 5.41 Å². The van der Waals surface area contributed by atoms with E-state index >= 15 is 0 Å². The second kappa shape index (κ2) is 3.47. The van der Waals surface area contributed by atoms with Crippen LogP contribution in [0.4, 0.5) is 4.79 Å². The molecule has 1 atom stereocenters. The molecule has 0 N–H and O–H groups in total. The molecule has 0 aromatic heterocycles. The Kier molecular flexibility index (Phi) is 2.48. The van der Waals surface area contributed by atoms with E-state index in [-0.39, 0.29) is 11.5 Å². The fourth-order valence-corrected chi connectivity index (χ4v) is 2.37. The van der Waals surface area contributed by atoms with Crippen molar-refractivity contribution in [3.8, 4) is 0 Å². The molecule has 1 aliphatic heterocycles. The van der Waals surface area contributed by atoms with Gasteiger partial charge in [0.15, 0.2) is 0 Å². The number of hydrogen-bond donors (Lipinski definition) is 0. The summed E-state index contributed by atoms with van der Waals surface area (Å²) in [4.78, 5) is 25.0. The number of rotatable bonds is 0. The van der Waals surface area contributed by atoms with Crippen LogP contribution in [0.25, 0.3) is 0 Å². The summed E-state index contributed by atoms with van der Waals surface area (Å²) in [6.07, 6.45) is 2.14. The first-order chi connectivity index (χ1) is 7.32. The molecule has 16 heavy (non-hydrogen) atoms. The number of carbonyl (C=O) groups is 2. The third-order valence-corrected chi connectivity index (χ3v) is 3.43. The lowest BCUT2D eigenvalue weighted by Crippen LogP contribution is -2.44. The summed E-state index contributed by atoms with van der Waals surface area (Å²) in [6.45, 7) is 6.77. The molecule has 0 unspecified atom stereocenters. The molecule has 2 fully saturated rings. The van der Waals surface area contributed by atoms with E-state index < -0.39 is 5.60 Å². The van der Waals surface area contributed by atoms with Gasteiger partial charge in [-0.15, -0.1) is 0 Å². The lowest BCUT2D eigenvalue weighted by Gasteiger charge is -2.36. The van der Waals surface area contributed by atoms with Gasteiger partial charge in [-0.3, -0.25) is 4.79 Å². The highest BCUT2D eigenvalue weighted by atomic mass is 16.6. The molecule has 1 heterocycles. The summed E-state index contributed by atoms with van der Waals surface area (Å²) >= 11 is 0. The summed E-state index contributed by atoms with van der Waals surface area (Å²) < 4.78 is 5.29. The van der Waals surface area contributed by atoms with Gasteiger partial charge in [0.25, 0.3) is 0 Å². The number of nitrogens with zero attached hydrogens (tertiary/aromatic N) is 1. The third kappa shape index (κ3) is 1.93. The van der Waals surface area contributed by atoms with Crippen molar-refractivity contribution in [1.29, 1.82) is 0 Å². The zero-order valence-electron chi connectivity index (χ0n) is 10.2. The van der Waals surface area contributed by atoms with E-state index in [0.717, 1.165) is 12.8 Å². The van der Waals surface area contributed by atoms with E-state index in [1.165, 1.54) is 0 Å². The van der Waals surface area contributed by atoms with Crippen LogP contribution in [-0.4, -0.2) is 35.5 Å². The minimum atomic E-state index is -0.462. The largest absolute Gasteiger partial charge is 0.444 e. The van der Waals surface area contributed by atoms with Crippen LogP contribution >= 0.6 is 0 Å². The van der Waals surface area contributed by atoms with Gasteiger partial charge in [-0.2, -0.15) is 0 Å². The van der Waals surface area contributed by atoms with Gasteiger partial charge in [0, 0.05) is 24.9 Å². The Morgan fingerprint density at radius 1 is 1.38 bits per heavy atom. The van der Waals surface area contributed by atoms with E-state index in [9.17, 15) is 9.59 Å². The molecule has 1 saturated carbocycles. The number of carbonyl (C=O) groups excluding carboxylic acids is 2. The standard InChI is InChI=1S/C12H19NO3/c1-11(2,3)16-10(15)13-7-6-12(8-13)5-4-9(12)14/h4-8H2,1-3H3/t12-/m0/s1. The molecule has 1 spiro atoms. The normalized spacial score (nSPS) is 29.4. The Labute approximate surface area is 95.9 Å². The summed E-state index contributed by atoms with van der Waals surface area (Å²) in [6, 6.07) is 0. The smallest absolute Gasteiger partial charge is 0.410 e. The molecule has 4 nitrogen and oxygen atoms in total. The molecule has 4 heteroatoms. The molecule has 0 aromatic rings. The van der Waals surface area contributed by atoms with Crippen LogP contribution in [0.2, 0.25) is 0 Å². The quantitative estimate of drug-likeness (QED) is 0.633. The van der Waals surface area contributed by atoms with Crippen molar-refractivity contribution in [2.24, 2.45) is 5.41 Å². The summed E-state index contributed by atoms with van der Waals surface area (Å²) in [5.74, 6) is 0.318. The monoisotopic (exact) mass is 225 g/mol. The maximum Gasteiger partial charge on any atom is 0.410 e. The Balaban J connectivity index is 1.94. The topological polar surface area (TPSA) is 46.6 Å². The Bertz CT molecular complexity index is 332. The van der Waals surface area contributed by atoms with Crippen LogP contribution in [0.3, 0.4) is 0 Å². The van der Waals surface area contributed by atoms with Crippen LogP contribution in [0.15, 0.2) is 0 Å². The van der Waals surface area contributed by atoms with Crippen molar-refractivity contribution >= 4 is 11.9 Å². The summed E-state index contributed by atoms with van der Waals surface area (Å²) in [5, 5.41) is 0. The fourth-order valence-electron chi connectivity index (χ4n) is 2.37. The molecule has 2 aliphatic rings. The fraction of sp³-hybridized carbons (Fsp3) is 0.833. The molecule has 0 radical (unpaired) electrons. The van der Waals surface area contributed by atoms with Gasteiger partial charge in [-0.1, -0.05) is 0 Å². The van der Waals surface area contributed by atoms with Crippen LogP contribution in [0.1, 0.15) is 40.0 Å². The molecule has 1 amide bonds. The van der Waals surface area contributed by atoms with Gasteiger partial charge in [-0.05, 0) is 33.6 Å². The van der Waals surface area contributed by atoms with Gasteiger partial charge in [0.1, 0.15) is 11.4 Å². The number of Topliss-reactive ketones (excluding diaryl/α,β-unsaturated/α-hetero) is 1. The maximum atomic E-state index is 11.8. The first-order valence-electron chi connectivity index (χ1n) is 5.84. The zero-order valence-corrected chi connectivity index (χ0v) is 10.2. The maximum absolute atomic E-state index is 11.8. The molecular weight excluding hydrogens is 206 g/mol. The van der Waals surface area contributed by atoms with Crippen molar-refractivity contribution in [2.45, 2.75) is 45.6 Å². The van der Waals surface area contributed by atoms with Gasteiger partial charge >= 0.3 is 6.09 Å². The van der Waals surface area contributed by atoms with Crippen LogP contribution < -0.4 is 0 Å². The second-order valence-corrected chi connectivity index (χ2v) is 5.86.